The number of nitrogens with zero attached hydrogens (tertiary/aromatic N) is 1. The van der Waals surface area contributed by atoms with Crippen LogP contribution in [0.4, 0.5) is 5.13 Å². The molecule has 2 aromatic rings. The van der Waals surface area contributed by atoms with Gasteiger partial charge in [0.05, 0.1) is 5.69 Å². The van der Waals surface area contributed by atoms with E-state index in [0.717, 1.165) is 16.1 Å². The van der Waals surface area contributed by atoms with Gasteiger partial charge in [0, 0.05) is 16.0 Å². The molecule has 0 fully saturated rings. The summed E-state index contributed by atoms with van der Waals surface area (Å²) in [5, 5.41) is 3.38. The van der Waals surface area contributed by atoms with Crippen LogP contribution < -0.4 is 11.1 Å². The first-order valence-corrected chi connectivity index (χ1v) is 6.85. The quantitative estimate of drug-likeness (QED) is 0.853. The topological polar surface area (TPSA) is 68.0 Å². The number of thiazole rings is 1. The Morgan fingerprint density at radius 1 is 1.26 bits per heavy atom. The Bertz CT molecular complexity index is 612. The minimum Gasteiger partial charge on any atom is -0.389 e. The number of nitrogens with one attached hydrogen (secondary N) is 1. The number of thiocarbonyl (C=S) groups is 1. The molecule has 98 valence electrons. The average molecular weight is 291 g/mol. The van der Waals surface area contributed by atoms with Gasteiger partial charge in [-0.25, -0.2) is 4.98 Å². The van der Waals surface area contributed by atoms with Crippen LogP contribution in [0.3, 0.4) is 0 Å². The number of hydrogen-bond donors (Lipinski definition) is 2. The summed E-state index contributed by atoms with van der Waals surface area (Å²) in [6.07, 6.45) is 0. The van der Waals surface area contributed by atoms with E-state index < -0.39 is 0 Å². The van der Waals surface area contributed by atoms with Crippen LogP contribution in [0.1, 0.15) is 26.5 Å². The van der Waals surface area contributed by atoms with Crippen molar-refractivity contribution in [3.63, 3.8) is 0 Å². The van der Waals surface area contributed by atoms with E-state index >= 15 is 0 Å². The van der Waals surface area contributed by atoms with Gasteiger partial charge in [0.1, 0.15) is 4.99 Å². The van der Waals surface area contributed by atoms with E-state index in [1.165, 1.54) is 11.3 Å². The molecule has 0 saturated heterocycles. The maximum Gasteiger partial charge on any atom is 0.257 e. The Labute approximate surface area is 120 Å². The van der Waals surface area contributed by atoms with Crippen LogP contribution in [-0.2, 0) is 0 Å². The number of rotatable bonds is 3. The van der Waals surface area contributed by atoms with Crippen molar-refractivity contribution in [1.82, 2.24) is 4.98 Å². The third kappa shape index (κ3) is 3.15. The fraction of sp³-hybridized carbons (Fsp3) is 0.154. The average Bonchev–Trinajstić information content (AvgIpc) is 2.68. The van der Waals surface area contributed by atoms with Gasteiger partial charge in [-0.3, -0.25) is 10.1 Å². The van der Waals surface area contributed by atoms with E-state index in [0.29, 0.717) is 15.7 Å². The zero-order valence-corrected chi connectivity index (χ0v) is 12.2. The highest BCUT2D eigenvalue weighted by atomic mass is 32.1. The lowest BCUT2D eigenvalue weighted by Crippen LogP contribution is -2.13. The number of hydrogen-bond acceptors (Lipinski definition) is 4. The molecule has 0 bridgehead atoms. The molecule has 1 amide bonds. The van der Waals surface area contributed by atoms with Gasteiger partial charge in [0.25, 0.3) is 5.91 Å². The fourth-order valence-corrected chi connectivity index (χ4v) is 2.43. The number of carbonyl (C=O) groups is 1. The van der Waals surface area contributed by atoms with Gasteiger partial charge in [-0.1, -0.05) is 24.4 Å². The number of nitrogens with two attached hydrogens (primary N) is 1. The van der Waals surface area contributed by atoms with Crippen molar-refractivity contribution in [2.24, 2.45) is 5.73 Å². The van der Waals surface area contributed by atoms with Crippen molar-refractivity contribution >= 4 is 39.6 Å². The molecular weight excluding hydrogens is 278 g/mol. The first-order chi connectivity index (χ1) is 8.97. The normalized spacial score (nSPS) is 10.2. The van der Waals surface area contributed by atoms with Crippen molar-refractivity contribution in [1.29, 1.82) is 0 Å². The Morgan fingerprint density at radius 3 is 2.32 bits per heavy atom. The first-order valence-electron chi connectivity index (χ1n) is 5.62. The van der Waals surface area contributed by atoms with Crippen molar-refractivity contribution in [2.45, 2.75) is 13.8 Å². The summed E-state index contributed by atoms with van der Waals surface area (Å²) in [7, 11) is 0. The van der Waals surface area contributed by atoms with Gasteiger partial charge in [0.2, 0.25) is 0 Å². The molecule has 0 saturated carbocycles. The van der Waals surface area contributed by atoms with E-state index in [9.17, 15) is 4.79 Å². The van der Waals surface area contributed by atoms with E-state index in [2.05, 4.69) is 10.3 Å². The number of aromatic nitrogens is 1. The molecule has 4 nitrogen and oxygen atoms in total. The molecule has 0 radical (unpaired) electrons. The number of aryl methyl sites for hydroxylation is 2. The van der Waals surface area contributed by atoms with E-state index in [1.54, 1.807) is 24.3 Å². The summed E-state index contributed by atoms with van der Waals surface area (Å²) < 4.78 is 0. The maximum atomic E-state index is 12.0. The highest BCUT2D eigenvalue weighted by Gasteiger charge is 2.10. The standard InChI is InChI=1S/C13H13N3OS2/c1-7-8(2)19-13(15-7)16-12(17)10-5-3-9(4-6-10)11(14)18/h3-6H,1-2H3,(H2,14,18)(H,15,16,17). The second-order valence-corrected chi connectivity index (χ2v) is 5.70. The van der Waals surface area contributed by atoms with Gasteiger partial charge in [-0.2, -0.15) is 0 Å². The molecule has 19 heavy (non-hydrogen) atoms. The highest BCUT2D eigenvalue weighted by Crippen LogP contribution is 2.21. The van der Waals surface area contributed by atoms with Gasteiger partial charge in [-0.05, 0) is 26.0 Å². The highest BCUT2D eigenvalue weighted by molar-refractivity contribution is 7.80. The molecule has 0 aliphatic rings. The van der Waals surface area contributed by atoms with Gasteiger partial charge < -0.3 is 5.73 Å². The maximum absolute atomic E-state index is 12.0. The molecule has 0 aliphatic heterocycles. The van der Waals surface area contributed by atoms with Crippen molar-refractivity contribution in [3.05, 3.63) is 46.0 Å². The predicted octanol–water partition coefficient (Wildman–Crippen LogP) is 2.65. The Morgan fingerprint density at radius 2 is 1.84 bits per heavy atom. The number of amides is 1. The van der Waals surface area contributed by atoms with Crippen LogP contribution in [0, 0.1) is 13.8 Å². The van der Waals surface area contributed by atoms with Gasteiger partial charge >= 0.3 is 0 Å². The second-order valence-electron chi connectivity index (χ2n) is 4.06. The number of benzene rings is 1. The molecule has 2 rings (SSSR count). The molecule has 0 unspecified atom stereocenters. The molecular formula is C13H13N3OS2. The van der Waals surface area contributed by atoms with Crippen LogP contribution in [-0.4, -0.2) is 15.9 Å². The SMILES string of the molecule is Cc1nc(NC(=O)c2ccc(C(N)=S)cc2)sc1C. The number of carbonyl (C=O) groups excluding carboxylic acids is 1. The Balaban J connectivity index is 2.13. The lowest BCUT2D eigenvalue weighted by molar-refractivity contribution is 0.102. The zero-order chi connectivity index (χ0) is 14.0. The summed E-state index contributed by atoms with van der Waals surface area (Å²) in [4.78, 5) is 17.7. The van der Waals surface area contributed by atoms with Crippen LogP contribution in [0.25, 0.3) is 0 Å². The summed E-state index contributed by atoms with van der Waals surface area (Å²) in [5.41, 5.74) is 7.73. The van der Waals surface area contributed by atoms with Crippen molar-refractivity contribution < 1.29 is 4.79 Å². The van der Waals surface area contributed by atoms with Crippen LogP contribution >= 0.6 is 23.6 Å². The van der Waals surface area contributed by atoms with Crippen molar-refractivity contribution in [2.75, 3.05) is 5.32 Å². The lowest BCUT2D eigenvalue weighted by Gasteiger charge is -2.03. The largest absolute Gasteiger partial charge is 0.389 e. The molecule has 1 aromatic carbocycles. The monoisotopic (exact) mass is 291 g/mol. The van der Waals surface area contributed by atoms with E-state index in [-0.39, 0.29) is 5.91 Å². The number of anilines is 1. The van der Waals surface area contributed by atoms with Crippen LogP contribution in [0.15, 0.2) is 24.3 Å². The molecule has 0 spiro atoms. The third-order valence-corrected chi connectivity index (χ3v) is 3.90. The van der Waals surface area contributed by atoms with Gasteiger partial charge in [-0.15, -0.1) is 11.3 Å². The summed E-state index contributed by atoms with van der Waals surface area (Å²) in [5.74, 6) is -0.191. The second kappa shape index (κ2) is 5.46. The van der Waals surface area contributed by atoms with E-state index in [4.69, 9.17) is 18.0 Å². The summed E-state index contributed by atoms with van der Waals surface area (Å²) >= 11 is 6.32. The first kappa shape index (κ1) is 13.6. The molecule has 1 aromatic heterocycles. The Hall–Kier alpha value is -1.79. The molecule has 1 heterocycles. The molecule has 0 aliphatic carbocycles. The minimum absolute atomic E-state index is 0.191. The van der Waals surface area contributed by atoms with Crippen molar-refractivity contribution in [3.8, 4) is 0 Å². The summed E-state index contributed by atoms with van der Waals surface area (Å²) in [6, 6.07) is 6.85. The van der Waals surface area contributed by atoms with E-state index in [1.807, 2.05) is 13.8 Å². The van der Waals surface area contributed by atoms with Crippen LogP contribution in [0.2, 0.25) is 0 Å². The predicted molar refractivity (Wildman–Crippen MR) is 81.9 cm³/mol. The minimum atomic E-state index is -0.191. The van der Waals surface area contributed by atoms with Crippen LogP contribution in [0.5, 0.6) is 0 Å². The third-order valence-electron chi connectivity index (χ3n) is 2.68. The summed E-state index contributed by atoms with van der Waals surface area (Å²) in [6.45, 7) is 3.89. The zero-order valence-electron chi connectivity index (χ0n) is 10.6. The fourth-order valence-electron chi connectivity index (χ4n) is 1.48. The molecule has 0 atom stereocenters. The lowest BCUT2D eigenvalue weighted by atomic mass is 10.1. The Kier molecular flexibility index (Phi) is 3.92. The molecule has 3 N–H and O–H groups in total. The molecule has 6 heteroatoms. The smallest absolute Gasteiger partial charge is 0.257 e. The van der Waals surface area contributed by atoms with Gasteiger partial charge in [0.15, 0.2) is 5.13 Å².